The number of hydrogen-bond donors (Lipinski definition) is 0. The first-order chi connectivity index (χ1) is 8.84. The van der Waals surface area contributed by atoms with Crippen LogP contribution in [0.1, 0.15) is 30.9 Å². The van der Waals surface area contributed by atoms with E-state index < -0.39 is 5.66 Å². The second-order valence-corrected chi connectivity index (χ2v) is 4.57. The molecule has 0 N–H and O–H groups in total. The Morgan fingerprint density at radius 1 is 1.39 bits per heavy atom. The van der Waals surface area contributed by atoms with Crippen molar-refractivity contribution in [2.75, 3.05) is 6.61 Å². The molecule has 6 nitrogen and oxygen atoms in total. The lowest BCUT2D eigenvalue weighted by Crippen LogP contribution is -2.44. The highest BCUT2D eigenvalue weighted by Crippen LogP contribution is 2.45. The Morgan fingerprint density at radius 2 is 2.22 bits per heavy atom. The van der Waals surface area contributed by atoms with Gasteiger partial charge in [-0.3, -0.25) is 9.68 Å². The summed E-state index contributed by atoms with van der Waals surface area (Å²) in [4.78, 5) is 14.2. The van der Waals surface area contributed by atoms with E-state index in [0.29, 0.717) is 13.0 Å². The molecule has 2 heterocycles. The molecule has 0 aromatic heterocycles. The maximum atomic E-state index is 8.74. The SMILES string of the molecule is [N-]=[N+]=N[C@@]12CCCON1O[C@H](c1ccccc1)C2. The molecule has 0 unspecified atom stereocenters. The summed E-state index contributed by atoms with van der Waals surface area (Å²) in [5.41, 5.74) is 9.12. The second kappa shape index (κ2) is 4.59. The second-order valence-electron chi connectivity index (χ2n) is 4.57. The fraction of sp³-hybridized carbons (Fsp3) is 0.500. The first kappa shape index (κ1) is 11.5. The van der Waals surface area contributed by atoms with Gasteiger partial charge in [-0.15, -0.1) is 0 Å². The summed E-state index contributed by atoms with van der Waals surface area (Å²) in [6, 6.07) is 9.92. The van der Waals surface area contributed by atoms with Gasteiger partial charge in [-0.2, -0.15) is 0 Å². The Kier molecular flexibility index (Phi) is 2.93. The van der Waals surface area contributed by atoms with Gasteiger partial charge in [0.15, 0.2) is 5.66 Å². The van der Waals surface area contributed by atoms with Crippen LogP contribution in [0.4, 0.5) is 0 Å². The zero-order valence-corrected chi connectivity index (χ0v) is 9.90. The number of benzene rings is 1. The quantitative estimate of drug-likeness (QED) is 0.457. The molecule has 2 atom stereocenters. The fourth-order valence-corrected chi connectivity index (χ4v) is 2.53. The number of azide groups is 1. The number of hydroxylamine groups is 2. The Morgan fingerprint density at radius 3 is 3.00 bits per heavy atom. The summed E-state index contributed by atoms with van der Waals surface area (Å²) in [6.45, 7) is 0.601. The van der Waals surface area contributed by atoms with Crippen LogP contribution in [0.15, 0.2) is 35.4 Å². The van der Waals surface area contributed by atoms with Gasteiger partial charge in [0, 0.05) is 11.3 Å². The minimum atomic E-state index is -0.687. The lowest BCUT2D eigenvalue weighted by Gasteiger charge is -2.34. The molecule has 2 saturated heterocycles. The maximum absolute atomic E-state index is 8.74. The van der Waals surface area contributed by atoms with E-state index in [9.17, 15) is 0 Å². The first-order valence-electron chi connectivity index (χ1n) is 6.05. The van der Waals surface area contributed by atoms with Crippen molar-refractivity contribution in [1.82, 2.24) is 5.23 Å². The smallest absolute Gasteiger partial charge is 0.155 e. The molecule has 1 aromatic carbocycles. The third-order valence-electron chi connectivity index (χ3n) is 3.41. The summed E-state index contributed by atoms with van der Waals surface area (Å²) in [6.07, 6.45) is 2.15. The van der Waals surface area contributed by atoms with Gasteiger partial charge < -0.3 is 0 Å². The van der Waals surface area contributed by atoms with E-state index in [1.807, 2.05) is 30.3 Å². The minimum Gasteiger partial charge on any atom is -0.274 e. The van der Waals surface area contributed by atoms with E-state index in [-0.39, 0.29) is 6.10 Å². The van der Waals surface area contributed by atoms with Crippen LogP contribution >= 0.6 is 0 Å². The molecule has 0 bridgehead atoms. The van der Waals surface area contributed by atoms with Gasteiger partial charge in [0.1, 0.15) is 6.10 Å². The van der Waals surface area contributed by atoms with E-state index in [2.05, 4.69) is 10.0 Å². The molecular weight excluding hydrogens is 232 g/mol. The van der Waals surface area contributed by atoms with Crippen LogP contribution in [0.25, 0.3) is 10.4 Å². The van der Waals surface area contributed by atoms with Gasteiger partial charge in [0.2, 0.25) is 0 Å². The van der Waals surface area contributed by atoms with Gasteiger partial charge in [-0.1, -0.05) is 40.7 Å². The summed E-state index contributed by atoms with van der Waals surface area (Å²) >= 11 is 0. The fourth-order valence-electron chi connectivity index (χ4n) is 2.53. The largest absolute Gasteiger partial charge is 0.274 e. The minimum absolute atomic E-state index is 0.116. The Labute approximate surface area is 105 Å². The molecule has 0 radical (unpaired) electrons. The van der Waals surface area contributed by atoms with E-state index >= 15 is 0 Å². The molecule has 0 aliphatic carbocycles. The highest BCUT2D eigenvalue weighted by molar-refractivity contribution is 5.19. The molecule has 0 amide bonds. The van der Waals surface area contributed by atoms with Crippen molar-refractivity contribution in [3.63, 3.8) is 0 Å². The van der Waals surface area contributed by atoms with E-state index in [4.69, 9.17) is 15.2 Å². The van der Waals surface area contributed by atoms with Crippen molar-refractivity contribution in [2.24, 2.45) is 5.11 Å². The van der Waals surface area contributed by atoms with Crippen LogP contribution in [-0.2, 0) is 9.68 Å². The van der Waals surface area contributed by atoms with Crippen molar-refractivity contribution in [1.29, 1.82) is 0 Å². The number of rotatable bonds is 2. The maximum Gasteiger partial charge on any atom is 0.155 e. The number of nitrogens with zero attached hydrogens (tertiary/aromatic N) is 4. The molecule has 0 spiro atoms. The average Bonchev–Trinajstić information content (AvgIpc) is 2.79. The Bertz CT molecular complexity index is 474. The molecule has 2 aliphatic heterocycles. The summed E-state index contributed by atoms with van der Waals surface area (Å²) in [5.74, 6) is 0. The first-order valence-corrected chi connectivity index (χ1v) is 6.05. The standard InChI is InChI=1S/C12H14N4O2/c13-15-14-12-7-4-8-17-16(12)18-11(9-12)10-5-2-1-3-6-10/h1-3,5-6,11H,4,7-9H2/t11-,12-/m0/s1. The van der Waals surface area contributed by atoms with Gasteiger partial charge in [-0.25, -0.2) is 0 Å². The van der Waals surface area contributed by atoms with Crippen molar-refractivity contribution in [3.05, 3.63) is 46.3 Å². The predicted octanol–water partition coefficient (Wildman–Crippen LogP) is 3.10. The molecular formula is C12H14N4O2. The van der Waals surface area contributed by atoms with Crippen molar-refractivity contribution in [3.8, 4) is 0 Å². The molecule has 18 heavy (non-hydrogen) atoms. The van der Waals surface area contributed by atoms with Gasteiger partial charge >= 0.3 is 0 Å². The van der Waals surface area contributed by atoms with Crippen molar-refractivity contribution in [2.45, 2.75) is 31.0 Å². The van der Waals surface area contributed by atoms with Crippen LogP contribution in [0.5, 0.6) is 0 Å². The topological polar surface area (TPSA) is 70.5 Å². The third-order valence-corrected chi connectivity index (χ3v) is 3.41. The molecule has 2 fully saturated rings. The Balaban J connectivity index is 1.88. The normalized spacial score (nSPS) is 31.7. The van der Waals surface area contributed by atoms with Gasteiger partial charge in [0.05, 0.1) is 6.61 Å². The van der Waals surface area contributed by atoms with E-state index in [1.165, 1.54) is 5.23 Å². The van der Waals surface area contributed by atoms with Crippen LogP contribution in [-0.4, -0.2) is 17.5 Å². The summed E-state index contributed by atoms with van der Waals surface area (Å²) in [7, 11) is 0. The van der Waals surface area contributed by atoms with Gasteiger partial charge in [0.25, 0.3) is 0 Å². The zero-order valence-electron chi connectivity index (χ0n) is 9.90. The number of hydrogen-bond acceptors (Lipinski definition) is 4. The van der Waals surface area contributed by atoms with Crippen LogP contribution in [0, 0.1) is 0 Å². The van der Waals surface area contributed by atoms with Gasteiger partial charge in [-0.05, 0) is 23.9 Å². The predicted molar refractivity (Wildman–Crippen MR) is 63.8 cm³/mol. The van der Waals surface area contributed by atoms with Crippen molar-refractivity contribution >= 4 is 0 Å². The van der Waals surface area contributed by atoms with E-state index in [0.717, 1.165) is 18.4 Å². The molecule has 0 saturated carbocycles. The zero-order chi connectivity index (χ0) is 12.4. The summed E-state index contributed by atoms with van der Waals surface area (Å²) in [5, 5.41) is 5.31. The lowest BCUT2D eigenvalue weighted by atomic mass is 9.95. The van der Waals surface area contributed by atoms with E-state index in [1.54, 1.807) is 0 Å². The molecule has 3 rings (SSSR count). The monoisotopic (exact) mass is 246 g/mol. The molecule has 6 heteroatoms. The van der Waals surface area contributed by atoms with Crippen LogP contribution in [0.3, 0.4) is 0 Å². The Hall–Kier alpha value is -1.59. The number of fused-ring (bicyclic) bond motifs is 1. The third kappa shape index (κ3) is 1.85. The molecule has 2 aliphatic rings. The lowest BCUT2D eigenvalue weighted by molar-refractivity contribution is -0.404. The molecule has 1 aromatic rings. The molecule has 94 valence electrons. The van der Waals surface area contributed by atoms with Crippen LogP contribution in [0.2, 0.25) is 0 Å². The highest BCUT2D eigenvalue weighted by atomic mass is 17.0. The summed E-state index contributed by atoms with van der Waals surface area (Å²) < 4.78 is 0. The average molecular weight is 246 g/mol. The highest BCUT2D eigenvalue weighted by Gasteiger charge is 2.50. The van der Waals surface area contributed by atoms with Crippen molar-refractivity contribution < 1.29 is 9.68 Å². The van der Waals surface area contributed by atoms with Crippen LogP contribution < -0.4 is 0 Å².